The Morgan fingerprint density at radius 3 is 2.39 bits per heavy atom. The zero-order valence-electron chi connectivity index (χ0n) is 17.8. The van der Waals surface area contributed by atoms with Crippen molar-refractivity contribution in [2.24, 2.45) is 0 Å². The molecule has 0 N–H and O–H groups in total. The Hall–Kier alpha value is -3.55. The summed E-state index contributed by atoms with van der Waals surface area (Å²) in [5, 5.41) is 4.35. The molecule has 0 saturated carbocycles. The van der Waals surface area contributed by atoms with E-state index >= 15 is 0 Å². The van der Waals surface area contributed by atoms with Crippen LogP contribution in [0.25, 0.3) is 5.69 Å². The summed E-state index contributed by atoms with van der Waals surface area (Å²) in [7, 11) is 3.25. The molecule has 0 atom stereocenters. The number of carbonyl (C=O) groups excluding carboxylic acids is 1. The molecule has 4 rings (SSSR count). The third-order valence-corrected chi connectivity index (χ3v) is 5.43. The third-order valence-electron chi connectivity index (χ3n) is 5.43. The number of methoxy groups -OCH3 is 2. The number of aromatic nitrogens is 2. The summed E-state index contributed by atoms with van der Waals surface area (Å²) in [6.45, 7) is 4.18. The second kappa shape index (κ2) is 8.67. The number of hydrogen-bond donors (Lipinski definition) is 0. The number of nitrogens with zero attached hydrogens (tertiary/aromatic N) is 4. The number of benzene rings is 2. The minimum Gasteiger partial charge on any atom is -0.497 e. The van der Waals surface area contributed by atoms with Crippen LogP contribution in [-0.2, 0) is 0 Å². The van der Waals surface area contributed by atoms with Gasteiger partial charge in [-0.15, -0.1) is 0 Å². The summed E-state index contributed by atoms with van der Waals surface area (Å²) in [4.78, 5) is 17.2. The maximum atomic E-state index is 14.3. The molecule has 7 nitrogen and oxygen atoms in total. The van der Waals surface area contributed by atoms with E-state index in [9.17, 15) is 9.18 Å². The number of halogens is 1. The first-order valence-electron chi connectivity index (χ1n) is 10.1. The predicted octanol–water partition coefficient (Wildman–Crippen LogP) is 3.30. The minimum atomic E-state index is -0.420. The maximum absolute atomic E-state index is 14.3. The van der Waals surface area contributed by atoms with Crippen LogP contribution < -0.4 is 14.4 Å². The van der Waals surface area contributed by atoms with Crippen LogP contribution in [0.3, 0.4) is 0 Å². The molecule has 162 valence electrons. The Labute approximate surface area is 180 Å². The van der Waals surface area contributed by atoms with E-state index in [4.69, 9.17) is 9.47 Å². The van der Waals surface area contributed by atoms with Gasteiger partial charge in [0.1, 0.15) is 28.7 Å². The molecule has 0 spiro atoms. The lowest BCUT2D eigenvalue weighted by atomic mass is 10.2. The van der Waals surface area contributed by atoms with Crippen molar-refractivity contribution in [3.05, 3.63) is 65.7 Å². The van der Waals surface area contributed by atoms with Gasteiger partial charge >= 0.3 is 0 Å². The molecule has 1 aliphatic rings. The van der Waals surface area contributed by atoms with E-state index < -0.39 is 5.82 Å². The molecule has 0 bridgehead atoms. The van der Waals surface area contributed by atoms with Gasteiger partial charge in [-0.3, -0.25) is 4.79 Å². The van der Waals surface area contributed by atoms with Crippen molar-refractivity contribution in [2.45, 2.75) is 6.92 Å². The fourth-order valence-electron chi connectivity index (χ4n) is 3.82. The molecular formula is C23H25FN4O3. The number of hydrogen-bond acceptors (Lipinski definition) is 5. The second-order valence-corrected chi connectivity index (χ2v) is 7.35. The van der Waals surface area contributed by atoms with Gasteiger partial charge < -0.3 is 19.3 Å². The van der Waals surface area contributed by atoms with Gasteiger partial charge in [-0.1, -0.05) is 12.1 Å². The lowest BCUT2D eigenvalue weighted by molar-refractivity contribution is 0.0737. The van der Waals surface area contributed by atoms with Crippen molar-refractivity contribution in [1.82, 2.24) is 14.7 Å². The molecule has 2 heterocycles. The normalized spacial score (nSPS) is 13.9. The summed E-state index contributed by atoms with van der Waals surface area (Å²) < 4.78 is 26.5. The summed E-state index contributed by atoms with van der Waals surface area (Å²) >= 11 is 0. The van der Waals surface area contributed by atoms with Crippen LogP contribution in [0.1, 0.15) is 16.2 Å². The highest BCUT2D eigenvalue weighted by molar-refractivity contribution is 5.93. The molecular weight excluding hydrogens is 399 g/mol. The summed E-state index contributed by atoms with van der Waals surface area (Å²) in [5.41, 5.74) is 2.24. The van der Waals surface area contributed by atoms with Crippen molar-refractivity contribution in [1.29, 1.82) is 0 Å². The highest BCUT2D eigenvalue weighted by atomic mass is 19.1. The Morgan fingerprint density at radius 2 is 1.71 bits per heavy atom. The number of rotatable bonds is 5. The smallest absolute Gasteiger partial charge is 0.272 e. The second-order valence-electron chi connectivity index (χ2n) is 7.35. The average Bonchev–Trinajstić information content (AvgIpc) is 3.19. The van der Waals surface area contributed by atoms with Gasteiger partial charge in [0.25, 0.3) is 5.91 Å². The molecule has 1 aromatic heterocycles. The van der Waals surface area contributed by atoms with Gasteiger partial charge in [-0.05, 0) is 37.3 Å². The summed E-state index contributed by atoms with van der Waals surface area (Å²) in [5.74, 6) is 0.875. The van der Waals surface area contributed by atoms with E-state index in [1.54, 1.807) is 50.3 Å². The third kappa shape index (κ3) is 4.05. The van der Waals surface area contributed by atoms with E-state index in [0.29, 0.717) is 37.6 Å². The number of piperazine rings is 1. The molecule has 8 heteroatoms. The van der Waals surface area contributed by atoms with Crippen LogP contribution >= 0.6 is 0 Å². The largest absolute Gasteiger partial charge is 0.497 e. The van der Waals surface area contributed by atoms with Gasteiger partial charge in [-0.25, -0.2) is 9.07 Å². The van der Waals surface area contributed by atoms with Crippen LogP contribution in [0, 0.1) is 12.7 Å². The van der Waals surface area contributed by atoms with Crippen LogP contribution in [0.2, 0.25) is 0 Å². The van der Waals surface area contributed by atoms with E-state index in [-0.39, 0.29) is 11.6 Å². The maximum Gasteiger partial charge on any atom is 0.272 e. The monoisotopic (exact) mass is 424 g/mol. The first-order valence-corrected chi connectivity index (χ1v) is 10.1. The van der Waals surface area contributed by atoms with Gasteiger partial charge in [-0.2, -0.15) is 5.10 Å². The van der Waals surface area contributed by atoms with E-state index in [1.807, 2.05) is 18.2 Å². The lowest BCUT2D eigenvalue weighted by Crippen LogP contribution is -2.49. The highest BCUT2D eigenvalue weighted by Crippen LogP contribution is 2.33. The zero-order chi connectivity index (χ0) is 22.0. The Kier molecular flexibility index (Phi) is 5.79. The molecule has 1 aliphatic heterocycles. The molecule has 1 amide bonds. The van der Waals surface area contributed by atoms with Gasteiger partial charge in [0.05, 0.1) is 25.6 Å². The lowest BCUT2D eigenvalue weighted by Gasteiger charge is -2.36. The van der Waals surface area contributed by atoms with Gasteiger partial charge in [0, 0.05) is 32.2 Å². The topological polar surface area (TPSA) is 59.8 Å². The Morgan fingerprint density at radius 1 is 0.968 bits per heavy atom. The zero-order valence-corrected chi connectivity index (χ0v) is 17.8. The van der Waals surface area contributed by atoms with Gasteiger partial charge in [0.15, 0.2) is 0 Å². The summed E-state index contributed by atoms with van der Waals surface area (Å²) in [6, 6.07) is 13.7. The fourth-order valence-corrected chi connectivity index (χ4v) is 3.82. The molecule has 0 radical (unpaired) electrons. The number of anilines is 1. The van der Waals surface area contributed by atoms with E-state index in [2.05, 4.69) is 10.00 Å². The van der Waals surface area contributed by atoms with Crippen LogP contribution in [-0.4, -0.2) is 61.0 Å². The molecule has 0 unspecified atom stereocenters. The molecule has 2 aromatic carbocycles. The fraction of sp³-hybridized carbons (Fsp3) is 0.304. The number of amides is 1. The number of carbonyl (C=O) groups is 1. The van der Waals surface area contributed by atoms with Crippen molar-refractivity contribution < 1.29 is 18.7 Å². The summed E-state index contributed by atoms with van der Waals surface area (Å²) in [6.07, 6.45) is 0. The SMILES string of the molecule is COc1ccc(N2CCN(C(=O)c3cc(C)nn3-c3ccccc3F)CC2)c(OC)c1. The van der Waals surface area contributed by atoms with Crippen molar-refractivity contribution in [3.63, 3.8) is 0 Å². The van der Waals surface area contributed by atoms with E-state index in [1.165, 1.54) is 10.7 Å². The first-order chi connectivity index (χ1) is 15.0. The van der Waals surface area contributed by atoms with Crippen molar-refractivity contribution in [3.8, 4) is 17.2 Å². The molecule has 31 heavy (non-hydrogen) atoms. The molecule has 0 aliphatic carbocycles. The quantitative estimate of drug-likeness (QED) is 0.629. The molecule has 3 aromatic rings. The van der Waals surface area contributed by atoms with Gasteiger partial charge in [0.2, 0.25) is 0 Å². The van der Waals surface area contributed by atoms with Crippen molar-refractivity contribution >= 4 is 11.6 Å². The number of ether oxygens (including phenoxy) is 2. The molecule has 1 saturated heterocycles. The highest BCUT2D eigenvalue weighted by Gasteiger charge is 2.27. The predicted molar refractivity (Wildman–Crippen MR) is 116 cm³/mol. The van der Waals surface area contributed by atoms with E-state index in [0.717, 1.165) is 17.2 Å². The number of para-hydroxylation sites is 1. The standard InChI is InChI=1S/C23H25FN4O3/c1-16-14-21(28(25-16)19-7-5-4-6-18(19)24)23(29)27-12-10-26(11-13-27)20-9-8-17(30-2)15-22(20)31-3/h4-9,14-15H,10-13H2,1-3H3. The minimum absolute atomic E-state index is 0.162. The van der Waals surface area contributed by atoms with Crippen LogP contribution in [0.15, 0.2) is 48.5 Å². The Balaban J connectivity index is 1.52. The van der Waals surface area contributed by atoms with Crippen molar-refractivity contribution in [2.75, 3.05) is 45.3 Å². The average molecular weight is 424 g/mol. The first kappa shape index (κ1) is 20.7. The Bertz CT molecular complexity index is 1090. The van der Waals surface area contributed by atoms with Crippen LogP contribution in [0.4, 0.5) is 10.1 Å². The van der Waals surface area contributed by atoms with Crippen LogP contribution in [0.5, 0.6) is 11.5 Å². The number of aryl methyl sites for hydroxylation is 1. The molecule has 1 fully saturated rings.